The van der Waals surface area contributed by atoms with Crippen LogP contribution in [0.3, 0.4) is 0 Å². The van der Waals surface area contributed by atoms with Crippen LogP contribution < -0.4 is 14.8 Å². The topological polar surface area (TPSA) is 87.5 Å². The molecule has 228 valence electrons. The van der Waals surface area contributed by atoms with E-state index in [2.05, 4.69) is 48.6 Å². The molecule has 9 heteroatoms. The molecule has 8 nitrogen and oxygen atoms in total. The van der Waals surface area contributed by atoms with E-state index in [1.807, 2.05) is 43.3 Å². The van der Waals surface area contributed by atoms with Crippen molar-refractivity contribution in [1.29, 1.82) is 0 Å². The third-order valence-corrected chi connectivity index (χ3v) is 9.02. The lowest BCUT2D eigenvalue weighted by Crippen LogP contribution is -2.32. The number of aromatic nitrogens is 3. The average molecular weight is 611 g/mol. The highest BCUT2D eigenvalue weighted by atomic mass is 32.2. The van der Waals surface area contributed by atoms with Crippen LogP contribution in [0.5, 0.6) is 11.5 Å². The molecule has 2 heterocycles. The number of methoxy groups -OCH3 is 1. The van der Waals surface area contributed by atoms with E-state index in [1.54, 1.807) is 23.6 Å². The number of anilines is 1. The number of nitrogens with one attached hydrogen (secondary N) is 1. The smallest absolute Gasteiger partial charge is 0.338 e. The van der Waals surface area contributed by atoms with Crippen molar-refractivity contribution >= 4 is 23.7 Å². The molecule has 4 aromatic rings. The Hall–Kier alpha value is -4.24. The number of allylic oxidation sites excluding steroid dienone is 1. The van der Waals surface area contributed by atoms with Crippen molar-refractivity contribution in [2.24, 2.45) is 0 Å². The number of aryl methyl sites for hydroxylation is 1. The summed E-state index contributed by atoms with van der Waals surface area (Å²) in [6.07, 6.45) is 5.06. The van der Waals surface area contributed by atoms with Gasteiger partial charge < -0.3 is 19.5 Å². The molecule has 0 bridgehead atoms. The number of esters is 1. The maximum Gasteiger partial charge on any atom is 0.338 e. The van der Waals surface area contributed by atoms with Crippen LogP contribution in [0.2, 0.25) is 0 Å². The second-order valence-corrected chi connectivity index (χ2v) is 12.3. The Bertz CT molecular complexity index is 1630. The summed E-state index contributed by atoms with van der Waals surface area (Å²) in [5, 5.41) is 8.84. The summed E-state index contributed by atoms with van der Waals surface area (Å²) in [6, 6.07) is 23.7. The number of carbonyl (C=O) groups excluding carboxylic acids is 1. The molecule has 0 amide bonds. The second-order valence-electron chi connectivity index (χ2n) is 11.4. The highest BCUT2D eigenvalue weighted by molar-refractivity contribution is 7.98. The zero-order chi connectivity index (χ0) is 30.5. The normalized spacial score (nSPS) is 16.7. The molecule has 2 aliphatic rings. The van der Waals surface area contributed by atoms with E-state index in [4.69, 9.17) is 24.3 Å². The number of carbonyl (C=O) groups is 1. The number of hydrogen-bond acceptors (Lipinski definition) is 8. The molecule has 6 rings (SSSR count). The lowest BCUT2D eigenvalue weighted by molar-refractivity contribution is -0.146. The van der Waals surface area contributed by atoms with Gasteiger partial charge in [0.2, 0.25) is 11.1 Å². The lowest BCUT2D eigenvalue weighted by atomic mass is 9.94. The zero-order valence-corrected chi connectivity index (χ0v) is 26.2. The Kier molecular flexibility index (Phi) is 9.21. The molecule has 1 aliphatic carbocycles. The summed E-state index contributed by atoms with van der Waals surface area (Å²) in [5.41, 5.74) is 5.50. The number of benzene rings is 3. The van der Waals surface area contributed by atoms with E-state index in [-0.39, 0.29) is 12.1 Å². The molecule has 1 N–H and O–H groups in total. The first-order valence-electron chi connectivity index (χ1n) is 15.2. The first-order valence-corrected chi connectivity index (χ1v) is 16.2. The minimum absolute atomic E-state index is 0.0709. The largest absolute Gasteiger partial charge is 0.493 e. The number of ether oxygens (including phenoxy) is 3. The second kappa shape index (κ2) is 13.6. The summed E-state index contributed by atoms with van der Waals surface area (Å²) in [4.78, 5) is 18.6. The quantitative estimate of drug-likeness (QED) is 0.145. The summed E-state index contributed by atoms with van der Waals surface area (Å²) in [7, 11) is 1.62. The Morgan fingerprint density at radius 3 is 2.48 bits per heavy atom. The van der Waals surface area contributed by atoms with Gasteiger partial charge in [-0.3, -0.25) is 0 Å². The monoisotopic (exact) mass is 610 g/mol. The maximum atomic E-state index is 13.8. The minimum Gasteiger partial charge on any atom is -0.493 e. The Morgan fingerprint density at radius 2 is 1.73 bits per heavy atom. The average Bonchev–Trinajstić information content (AvgIpc) is 3.46. The van der Waals surface area contributed by atoms with Crippen LogP contribution in [0.4, 0.5) is 5.95 Å². The Morgan fingerprint density at radius 1 is 0.955 bits per heavy atom. The molecule has 0 radical (unpaired) electrons. The van der Waals surface area contributed by atoms with Gasteiger partial charge in [0.1, 0.15) is 18.8 Å². The zero-order valence-electron chi connectivity index (χ0n) is 25.4. The van der Waals surface area contributed by atoms with Crippen molar-refractivity contribution in [3.8, 4) is 11.5 Å². The van der Waals surface area contributed by atoms with Gasteiger partial charge in [-0.05, 0) is 68.4 Å². The first-order chi connectivity index (χ1) is 21.5. The number of thioether (sulfide) groups is 1. The van der Waals surface area contributed by atoms with Crippen LogP contribution in [-0.2, 0) is 21.9 Å². The third-order valence-electron chi connectivity index (χ3n) is 8.11. The van der Waals surface area contributed by atoms with E-state index < -0.39 is 6.04 Å². The van der Waals surface area contributed by atoms with Crippen LogP contribution in [0.1, 0.15) is 67.3 Å². The van der Waals surface area contributed by atoms with E-state index in [0.29, 0.717) is 40.5 Å². The molecule has 0 spiro atoms. The van der Waals surface area contributed by atoms with E-state index in [1.165, 1.54) is 17.5 Å². The summed E-state index contributed by atoms with van der Waals surface area (Å²) >= 11 is 1.56. The van der Waals surface area contributed by atoms with Crippen molar-refractivity contribution < 1.29 is 19.0 Å². The molecule has 3 aromatic carbocycles. The Balaban J connectivity index is 1.31. The molecule has 1 unspecified atom stereocenters. The number of hydrogen-bond donors (Lipinski definition) is 1. The number of fused-ring (bicyclic) bond motifs is 1. The highest BCUT2D eigenvalue weighted by Crippen LogP contribution is 2.40. The van der Waals surface area contributed by atoms with Gasteiger partial charge in [-0.15, -0.1) is 5.10 Å². The summed E-state index contributed by atoms with van der Waals surface area (Å²) < 4.78 is 19.8. The molecule has 44 heavy (non-hydrogen) atoms. The molecular weight excluding hydrogens is 572 g/mol. The number of rotatable bonds is 10. The molecular formula is C35H38N4O4S. The van der Waals surface area contributed by atoms with Crippen molar-refractivity contribution in [1.82, 2.24) is 14.8 Å². The lowest BCUT2D eigenvalue weighted by Gasteiger charge is -2.30. The van der Waals surface area contributed by atoms with Gasteiger partial charge in [0, 0.05) is 11.4 Å². The van der Waals surface area contributed by atoms with Crippen LogP contribution in [0.25, 0.3) is 0 Å². The third kappa shape index (κ3) is 6.78. The predicted molar refractivity (Wildman–Crippen MR) is 172 cm³/mol. The molecule has 1 fully saturated rings. The Labute approximate surface area is 262 Å². The van der Waals surface area contributed by atoms with Gasteiger partial charge in [0.05, 0.1) is 12.7 Å². The fourth-order valence-electron chi connectivity index (χ4n) is 5.70. The minimum atomic E-state index is -0.555. The van der Waals surface area contributed by atoms with Gasteiger partial charge in [-0.1, -0.05) is 84.4 Å². The van der Waals surface area contributed by atoms with E-state index in [9.17, 15) is 4.79 Å². The maximum absolute atomic E-state index is 13.8. The van der Waals surface area contributed by atoms with Crippen LogP contribution in [0.15, 0.2) is 89.2 Å². The standard InChI is InChI=1S/C35H38N4O4S/c1-23-14-16-25(17-15-23)21-42-29-19-18-27(20-30(29)41-3)32-31(33(40)43-28-12-8-5-9-13-28)24(2)36-34-37-35(38-39(32)34)44-22-26-10-6-4-7-11-26/h4,6-7,10-11,14-20,28,32H,5,8-9,12-13,21-22H2,1-3H3,(H,36,37,38). The molecule has 1 aromatic heterocycles. The van der Waals surface area contributed by atoms with Gasteiger partial charge in [-0.2, -0.15) is 4.98 Å². The fraction of sp³-hybridized carbons (Fsp3) is 0.343. The molecule has 1 saturated carbocycles. The summed E-state index contributed by atoms with van der Waals surface area (Å²) in [6.45, 7) is 4.38. The fourth-order valence-corrected chi connectivity index (χ4v) is 6.49. The SMILES string of the molecule is COc1cc(C2C(C(=O)OC3CCCCC3)=C(C)Nc3nc(SCc4ccccc4)nn32)ccc1OCc1ccc(C)cc1. The van der Waals surface area contributed by atoms with Gasteiger partial charge in [0.15, 0.2) is 11.5 Å². The number of nitrogens with zero attached hydrogens (tertiary/aromatic N) is 3. The summed E-state index contributed by atoms with van der Waals surface area (Å²) in [5.74, 6) is 2.18. The molecule has 0 saturated heterocycles. The van der Waals surface area contributed by atoms with Gasteiger partial charge >= 0.3 is 5.97 Å². The molecule has 1 aliphatic heterocycles. The first kappa shape index (κ1) is 29.8. The van der Waals surface area contributed by atoms with Crippen LogP contribution in [0, 0.1) is 6.92 Å². The van der Waals surface area contributed by atoms with Gasteiger partial charge in [0.25, 0.3) is 0 Å². The van der Waals surface area contributed by atoms with Crippen LogP contribution in [-0.4, -0.2) is 33.9 Å². The predicted octanol–water partition coefficient (Wildman–Crippen LogP) is 7.63. The van der Waals surface area contributed by atoms with Gasteiger partial charge in [-0.25, -0.2) is 9.48 Å². The van der Waals surface area contributed by atoms with E-state index in [0.717, 1.165) is 42.6 Å². The highest BCUT2D eigenvalue weighted by Gasteiger charge is 2.37. The van der Waals surface area contributed by atoms with Crippen LogP contribution >= 0.6 is 11.8 Å². The molecule has 1 atom stereocenters. The van der Waals surface area contributed by atoms with Crippen molar-refractivity contribution in [2.45, 2.75) is 75.6 Å². The van der Waals surface area contributed by atoms with Crippen molar-refractivity contribution in [2.75, 3.05) is 12.4 Å². The van der Waals surface area contributed by atoms with Crippen molar-refractivity contribution in [3.63, 3.8) is 0 Å². The van der Waals surface area contributed by atoms with E-state index >= 15 is 0 Å². The van der Waals surface area contributed by atoms with Crippen molar-refractivity contribution in [3.05, 3.63) is 106 Å².